The largest absolute Gasteiger partial charge is 0.497 e. The third-order valence-electron chi connectivity index (χ3n) is 5.09. The van der Waals surface area contributed by atoms with Crippen molar-refractivity contribution < 1.29 is 22.6 Å². The van der Waals surface area contributed by atoms with Crippen molar-refractivity contribution in [3.05, 3.63) is 47.4 Å². The van der Waals surface area contributed by atoms with E-state index in [1.54, 1.807) is 20.1 Å². The van der Waals surface area contributed by atoms with Crippen LogP contribution in [-0.4, -0.2) is 44.7 Å². The van der Waals surface area contributed by atoms with Crippen LogP contribution in [0.25, 0.3) is 5.78 Å². The van der Waals surface area contributed by atoms with Crippen LogP contribution < -0.4 is 9.47 Å². The summed E-state index contributed by atoms with van der Waals surface area (Å²) in [6.07, 6.45) is -2.65. The molecule has 3 aromatic rings. The lowest BCUT2D eigenvalue weighted by Gasteiger charge is -2.25. The zero-order valence-corrected chi connectivity index (χ0v) is 16.7. The van der Waals surface area contributed by atoms with Crippen LogP contribution in [0.15, 0.2) is 30.3 Å². The maximum atomic E-state index is 13.0. The highest BCUT2D eigenvalue weighted by Crippen LogP contribution is 2.35. The summed E-state index contributed by atoms with van der Waals surface area (Å²) in [6, 6.07) is 9.73. The van der Waals surface area contributed by atoms with Gasteiger partial charge in [0.25, 0.3) is 11.6 Å². The Kier molecular flexibility index (Phi) is 5.50. The number of benzene rings is 1. The monoisotopic (exact) mass is 421 g/mol. The summed E-state index contributed by atoms with van der Waals surface area (Å²) in [4.78, 5) is 10.1. The van der Waals surface area contributed by atoms with E-state index in [4.69, 9.17) is 9.47 Å². The SMILES string of the molecule is CCOc1cc(CN2CCCC2c2cccc(OC)c2)nc2nc(C(F)(F)F)nn12. The van der Waals surface area contributed by atoms with Crippen LogP contribution in [0.3, 0.4) is 0 Å². The number of fused-ring (bicyclic) bond motifs is 1. The summed E-state index contributed by atoms with van der Waals surface area (Å²) in [6.45, 7) is 3.37. The first-order valence-electron chi connectivity index (χ1n) is 9.73. The zero-order chi connectivity index (χ0) is 21.3. The number of aromatic nitrogens is 4. The van der Waals surface area contributed by atoms with Gasteiger partial charge >= 0.3 is 6.18 Å². The van der Waals surface area contributed by atoms with Crippen LogP contribution in [0.4, 0.5) is 13.2 Å². The number of halogens is 3. The molecule has 3 heterocycles. The predicted octanol–water partition coefficient (Wildman–Crippen LogP) is 3.89. The van der Waals surface area contributed by atoms with E-state index in [0.717, 1.165) is 35.2 Å². The smallest absolute Gasteiger partial charge is 0.453 e. The van der Waals surface area contributed by atoms with Gasteiger partial charge < -0.3 is 9.47 Å². The molecular weight excluding hydrogens is 399 g/mol. The molecule has 30 heavy (non-hydrogen) atoms. The van der Waals surface area contributed by atoms with E-state index in [1.807, 2.05) is 18.2 Å². The molecule has 1 fully saturated rings. The quantitative estimate of drug-likeness (QED) is 0.602. The van der Waals surface area contributed by atoms with Crippen molar-refractivity contribution in [3.8, 4) is 11.6 Å². The fourth-order valence-electron chi connectivity index (χ4n) is 3.79. The molecule has 10 heteroatoms. The average Bonchev–Trinajstić information content (AvgIpc) is 3.35. The Bertz CT molecular complexity index is 1040. The van der Waals surface area contributed by atoms with Gasteiger partial charge in [0.05, 0.1) is 19.4 Å². The molecule has 0 aliphatic carbocycles. The highest BCUT2D eigenvalue weighted by Gasteiger charge is 2.37. The van der Waals surface area contributed by atoms with E-state index in [0.29, 0.717) is 12.2 Å². The number of ether oxygens (including phenoxy) is 2. The third kappa shape index (κ3) is 4.04. The average molecular weight is 421 g/mol. The van der Waals surface area contributed by atoms with Gasteiger partial charge in [-0.05, 0) is 44.0 Å². The van der Waals surface area contributed by atoms with Gasteiger partial charge in [-0.15, -0.1) is 5.10 Å². The zero-order valence-electron chi connectivity index (χ0n) is 16.7. The van der Waals surface area contributed by atoms with Gasteiger partial charge in [-0.2, -0.15) is 22.7 Å². The fourth-order valence-corrected chi connectivity index (χ4v) is 3.79. The predicted molar refractivity (Wildman–Crippen MR) is 102 cm³/mol. The Morgan fingerprint density at radius 2 is 2.03 bits per heavy atom. The number of rotatable bonds is 6. The van der Waals surface area contributed by atoms with Crippen LogP contribution >= 0.6 is 0 Å². The van der Waals surface area contributed by atoms with Gasteiger partial charge in [-0.3, -0.25) is 4.90 Å². The summed E-state index contributed by atoms with van der Waals surface area (Å²) in [5.74, 6) is -0.373. The Hall–Kier alpha value is -2.88. The van der Waals surface area contributed by atoms with Crippen molar-refractivity contribution in [1.82, 2.24) is 24.5 Å². The van der Waals surface area contributed by atoms with Crippen LogP contribution in [0, 0.1) is 0 Å². The van der Waals surface area contributed by atoms with E-state index < -0.39 is 12.0 Å². The standard InChI is InChI=1S/C20H22F3N5O2/c1-3-30-17-11-14(24-19-25-18(20(21,22)23)26-28(17)19)12-27-9-5-8-16(27)13-6-4-7-15(10-13)29-2/h4,6-7,10-11,16H,3,5,8-9,12H2,1-2H3. The topological polar surface area (TPSA) is 64.8 Å². The van der Waals surface area contributed by atoms with Crippen molar-refractivity contribution >= 4 is 5.78 Å². The highest BCUT2D eigenvalue weighted by atomic mass is 19.4. The van der Waals surface area contributed by atoms with E-state index >= 15 is 0 Å². The molecular formula is C20H22F3N5O2. The molecule has 0 radical (unpaired) electrons. The van der Waals surface area contributed by atoms with Gasteiger partial charge in [0.15, 0.2) is 0 Å². The van der Waals surface area contributed by atoms with Crippen LogP contribution in [-0.2, 0) is 12.7 Å². The van der Waals surface area contributed by atoms with Crippen molar-refractivity contribution in [2.75, 3.05) is 20.3 Å². The molecule has 0 spiro atoms. The normalized spacial score (nSPS) is 17.6. The molecule has 7 nitrogen and oxygen atoms in total. The number of methoxy groups -OCH3 is 1. The van der Waals surface area contributed by atoms with Crippen molar-refractivity contribution in [2.45, 2.75) is 38.5 Å². The summed E-state index contributed by atoms with van der Waals surface area (Å²) in [5, 5.41) is 3.52. The molecule has 0 saturated carbocycles. The van der Waals surface area contributed by atoms with Gasteiger partial charge in [-0.1, -0.05) is 12.1 Å². The minimum Gasteiger partial charge on any atom is -0.497 e. The summed E-state index contributed by atoms with van der Waals surface area (Å²) in [5.41, 5.74) is 1.72. The lowest BCUT2D eigenvalue weighted by molar-refractivity contribution is -0.144. The first-order chi connectivity index (χ1) is 14.4. The molecule has 0 N–H and O–H groups in total. The second-order valence-corrected chi connectivity index (χ2v) is 7.07. The Morgan fingerprint density at radius 3 is 2.77 bits per heavy atom. The molecule has 0 amide bonds. The number of likely N-dealkylation sites (tertiary alicyclic amines) is 1. The molecule has 1 aliphatic rings. The minimum absolute atomic E-state index is 0.125. The Balaban J connectivity index is 1.65. The second-order valence-electron chi connectivity index (χ2n) is 7.07. The first-order valence-corrected chi connectivity index (χ1v) is 9.73. The summed E-state index contributed by atoms with van der Waals surface area (Å²) in [7, 11) is 1.63. The summed E-state index contributed by atoms with van der Waals surface area (Å²) < 4.78 is 51.0. The molecule has 4 rings (SSSR count). The molecule has 1 aliphatic heterocycles. The van der Waals surface area contributed by atoms with Crippen molar-refractivity contribution in [3.63, 3.8) is 0 Å². The number of nitrogens with zero attached hydrogens (tertiary/aromatic N) is 5. The molecule has 160 valence electrons. The lowest BCUT2D eigenvalue weighted by atomic mass is 10.0. The van der Waals surface area contributed by atoms with Gasteiger partial charge in [0.1, 0.15) is 5.75 Å². The fraction of sp³-hybridized carbons (Fsp3) is 0.450. The van der Waals surface area contributed by atoms with Gasteiger partial charge in [-0.25, -0.2) is 4.98 Å². The lowest BCUT2D eigenvalue weighted by Crippen LogP contribution is -2.23. The van der Waals surface area contributed by atoms with Crippen LogP contribution in [0.1, 0.15) is 42.9 Å². The number of hydrogen-bond donors (Lipinski definition) is 0. The Labute approximate surface area is 171 Å². The number of alkyl halides is 3. The van der Waals surface area contributed by atoms with Crippen LogP contribution in [0.5, 0.6) is 11.6 Å². The molecule has 1 saturated heterocycles. The maximum absolute atomic E-state index is 13.0. The molecule has 2 aromatic heterocycles. The highest BCUT2D eigenvalue weighted by molar-refractivity contribution is 5.35. The Morgan fingerprint density at radius 1 is 1.20 bits per heavy atom. The summed E-state index contributed by atoms with van der Waals surface area (Å²) >= 11 is 0. The minimum atomic E-state index is -4.65. The first kappa shape index (κ1) is 20.4. The molecule has 1 atom stereocenters. The molecule has 1 aromatic carbocycles. The van der Waals surface area contributed by atoms with Crippen molar-refractivity contribution in [1.29, 1.82) is 0 Å². The number of hydrogen-bond acceptors (Lipinski definition) is 6. The van der Waals surface area contributed by atoms with Crippen molar-refractivity contribution in [2.24, 2.45) is 0 Å². The van der Waals surface area contributed by atoms with Crippen LogP contribution in [0.2, 0.25) is 0 Å². The maximum Gasteiger partial charge on any atom is 0.453 e. The second kappa shape index (κ2) is 8.10. The third-order valence-corrected chi connectivity index (χ3v) is 5.09. The molecule has 0 bridgehead atoms. The van der Waals surface area contributed by atoms with E-state index in [-0.39, 0.29) is 24.3 Å². The van der Waals surface area contributed by atoms with Gasteiger partial charge in [0.2, 0.25) is 5.88 Å². The van der Waals surface area contributed by atoms with E-state index in [1.165, 1.54) is 0 Å². The van der Waals surface area contributed by atoms with Gasteiger partial charge in [0, 0.05) is 18.7 Å². The van der Waals surface area contributed by atoms with E-state index in [2.05, 4.69) is 26.0 Å². The molecule has 1 unspecified atom stereocenters. The van der Waals surface area contributed by atoms with E-state index in [9.17, 15) is 13.2 Å².